The van der Waals surface area contributed by atoms with Gasteiger partial charge in [-0.3, -0.25) is 4.90 Å². The average molecular weight is 354 g/mol. The van der Waals surface area contributed by atoms with Gasteiger partial charge < -0.3 is 14.5 Å². The highest BCUT2D eigenvalue weighted by atomic mass is 16.5. The molecule has 0 unspecified atom stereocenters. The number of hydrogen-bond donors (Lipinski definition) is 0. The van der Waals surface area contributed by atoms with Crippen molar-refractivity contribution >= 4 is 16.7 Å². The number of likely N-dealkylation sites (N-methyl/N-ethyl adjacent to an activating group) is 1. The molecule has 2 aliphatic rings. The number of aromatic nitrogens is 1. The normalized spacial score (nSPS) is 20.0. The molecule has 0 N–H and O–H groups in total. The molecule has 2 aliphatic heterocycles. The molecule has 1 aromatic carbocycles. The maximum atomic E-state index is 5.56. The van der Waals surface area contributed by atoms with E-state index < -0.39 is 0 Å². The molecule has 140 valence electrons. The van der Waals surface area contributed by atoms with Crippen molar-refractivity contribution < 1.29 is 4.74 Å². The SMILES string of the molecule is CCN1CCN(Cc2cc3ccc(C)cc3nc2N2CCOCC2)CC1. The molecule has 26 heavy (non-hydrogen) atoms. The van der Waals surface area contributed by atoms with Crippen LogP contribution in [-0.2, 0) is 11.3 Å². The van der Waals surface area contributed by atoms with Crippen molar-refractivity contribution in [3.63, 3.8) is 0 Å². The fourth-order valence-corrected chi connectivity index (χ4v) is 3.98. The molecule has 0 bridgehead atoms. The predicted molar refractivity (Wildman–Crippen MR) is 107 cm³/mol. The minimum absolute atomic E-state index is 0.794. The summed E-state index contributed by atoms with van der Waals surface area (Å²) in [7, 11) is 0. The van der Waals surface area contributed by atoms with Gasteiger partial charge in [0.1, 0.15) is 5.82 Å². The minimum atomic E-state index is 0.794. The van der Waals surface area contributed by atoms with Crippen molar-refractivity contribution in [1.82, 2.24) is 14.8 Å². The summed E-state index contributed by atoms with van der Waals surface area (Å²) < 4.78 is 5.56. The Balaban J connectivity index is 1.63. The first-order valence-corrected chi connectivity index (χ1v) is 9.90. The van der Waals surface area contributed by atoms with E-state index in [-0.39, 0.29) is 0 Å². The maximum Gasteiger partial charge on any atom is 0.133 e. The smallest absolute Gasteiger partial charge is 0.133 e. The second-order valence-corrected chi connectivity index (χ2v) is 7.48. The number of fused-ring (bicyclic) bond motifs is 1. The van der Waals surface area contributed by atoms with Crippen LogP contribution < -0.4 is 4.90 Å². The van der Waals surface area contributed by atoms with E-state index in [1.54, 1.807) is 0 Å². The lowest BCUT2D eigenvalue weighted by Gasteiger charge is -2.35. The molecule has 0 saturated carbocycles. The molecule has 0 atom stereocenters. The molecule has 1 aromatic heterocycles. The first-order valence-electron chi connectivity index (χ1n) is 9.90. The van der Waals surface area contributed by atoms with Crippen LogP contribution in [0.5, 0.6) is 0 Å². The highest BCUT2D eigenvalue weighted by Gasteiger charge is 2.21. The van der Waals surface area contributed by atoms with Crippen LogP contribution in [0.4, 0.5) is 5.82 Å². The van der Waals surface area contributed by atoms with E-state index >= 15 is 0 Å². The highest BCUT2D eigenvalue weighted by Crippen LogP contribution is 2.26. The third kappa shape index (κ3) is 3.85. The molecular formula is C21H30N4O. The summed E-state index contributed by atoms with van der Waals surface area (Å²) in [4.78, 5) is 12.6. The molecular weight excluding hydrogens is 324 g/mol. The Bertz CT molecular complexity index is 749. The third-order valence-electron chi connectivity index (χ3n) is 5.65. The minimum Gasteiger partial charge on any atom is -0.378 e. The second-order valence-electron chi connectivity index (χ2n) is 7.48. The zero-order chi connectivity index (χ0) is 17.9. The summed E-state index contributed by atoms with van der Waals surface area (Å²) in [5.41, 5.74) is 3.72. The molecule has 5 heteroatoms. The van der Waals surface area contributed by atoms with E-state index in [9.17, 15) is 0 Å². The summed E-state index contributed by atoms with van der Waals surface area (Å²) in [5, 5.41) is 1.25. The van der Waals surface area contributed by atoms with Crippen molar-refractivity contribution in [2.75, 3.05) is 63.9 Å². The number of nitrogens with zero attached hydrogens (tertiary/aromatic N) is 4. The van der Waals surface area contributed by atoms with E-state index in [4.69, 9.17) is 9.72 Å². The Morgan fingerprint density at radius 1 is 0.962 bits per heavy atom. The van der Waals surface area contributed by atoms with E-state index in [1.807, 2.05) is 0 Å². The fraction of sp³-hybridized carbons (Fsp3) is 0.571. The van der Waals surface area contributed by atoms with Crippen LogP contribution >= 0.6 is 0 Å². The lowest BCUT2D eigenvalue weighted by atomic mass is 10.1. The van der Waals surface area contributed by atoms with Gasteiger partial charge in [0.15, 0.2) is 0 Å². The molecule has 2 fully saturated rings. The Morgan fingerprint density at radius 2 is 1.69 bits per heavy atom. The molecule has 0 amide bonds. The topological polar surface area (TPSA) is 31.8 Å². The number of pyridine rings is 1. The summed E-state index contributed by atoms with van der Waals surface area (Å²) in [5.74, 6) is 1.16. The quantitative estimate of drug-likeness (QED) is 0.842. The summed E-state index contributed by atoms with van der Waals surface area (Å²) in [6.07, 6.45) is 0. The summed E-state index contributed by atoms with van der Waals surface area (Å²) >= 11 is 0. The Kier molecular flexibility index (Phi) is 5.38. The van der Waals surface area contributed by atoms with Gasteiger partial charge in [0.2, 0.25) is 0 Å². The van der Waals surface area contributed by atoms with Gasteiger partial charge in [-0.25, -0.2) is 4.98 Å². The van der Waals surface area contributed by atoms with Crippen molar-refractivity contribution in [1.29, 1.82) is 0 Å². The number of ether oxygens (including phenoxy) is 1. The predicted octanol–water partition coefficient (Wildman–Crippen LogP) is 2.52. The summed E-state index contributed by atoms with van der Waals surface area (Å²) in [6.45, 7) is 14.6. The van der Waals surface area contributed by atoms with Crippen molar-refractivity contribution in [3.05, 3.63) is 35.4 Å². The van der Waals surface area contributed by atoms with Crippen LogP contribution in [0.25, 0.3) is 10.9 Å². The van der Waals surface area contributed by atoms with Gasteiger partial charge in [0.05, 0.1) is 18.7 Å². The van der Waals surface area contributed by atoms with E-state index in [2.05, 4.69) is 52.8 Å². The average Bonchev–Trinajstić information content (AvgIpc) is 2.69. The van der Waals surface area contributed by atoms with Crippen molar-refractivity contribution in [3.8, 4) is 0 Å². The number of rotatable bonds is 4. The van der Waals surface area contributed by atoms with E-state index in [0.717, 1.165) is 63.8 Å². The largest absolute Gasteiger partial charge is 0.378 e. The number of hydrogen-bond acceptors (Lipinski definition) is 5. The number of anilines is 1. The lowest BCUT2D eigenvalue weighted by Crippen LogP contribution is -2.46. The Hall–Kier alpha value is -1.69. The molecule has 0 radical (unpaired) electrons. The van der Waals surface area contributed by atoms with Gasteiger partial charge >= 0.3 is 0 Å². The number of morpholine rings is 1. The van der Waals surface area contributed by atoms with Crippen LogP contribution in [0, 0.1) is 6.92 Å². The van der Waals surface area contributed by atoms with Gasteiger partial charge in [-0.1, -0.05) is 19.1 Å². The zero-order valence-electron chi connectivity index (χ0n) is 16.1. The van der Waals surface area contributed by atoms with Gasteiger partial charge in [0, 0.05) is 56.8 Å². The van der Waals surface area contributed by atoms with Crippen LogP contribution in [0.2, 0.25) is 0 Å². The molecule has 0 aliphatic carbocycles. The standard InChI is InChI=1S/C21H30N4O/c1-3-23-6-8-24(9-7-23)16-19-15-18-5-4-17(2)14-20(18)22-21(19)25-10-12-26-13-11-25/h4-5,14-15H,3,6-13,16H2,1-2H3. The van der Waals surface area contributed by atoms with Gasteiger partial charge in [0.25, 0.3) is 0 Å². The molecule has 0 spiro atoms. The van der Waals surface area contributed by atoms with E-state index in [1.165, 1.54) is 29.6 Å². The van der Waals surface area contributed by atoms with E-state index in [0.29, 0.717) is 0 Å². The summed E-state index contributed by atoms with van der Waals surface area (Å²) in [6, 6.07) is 8.95. The Morgan fingerprint density at radius 3 is 2.42 bits per heavy atom. The fourth-order valence-electron chi connectivity index (χ4n) is 3.98. The monoisotopic (exact) mass is 354 g/mol. The number of benzene rings is 1. The van der Waals surface area contributed by atoms with Crippen molar-refractivity contribution in [2.45, 2.75) is 20.4 Å². The molecule has 4 rings (SSSR count). The lowest BCUT2D eigenvalue weighted by molar-refractivity contribution is 0.121. The Labute approximate surface area is 156 Å². The number of piperazine rings is 1. The van der Waals surface area contributed by atoms with Crippen LogP contribution in [-0.4, -0.2) is 73.8 Å². The van der Waals surface area contributed by atoms with Gasteiger partial charge in [-0.2, -0.15) is 0 Å². The molecule has 2 aromatic rings. The molecule has 2 saturated heterocycles. The zero-order valence-corrected chi connectivity index (χ0v) is 16.1. The van der Waals surface area contributed by atoms with Gasteiger partial charge in [-0.05, 0) is 31.2 Å². The van der Waals surface area contributed by atoms with Gasteiger partial charge in [-0.15, -0.1) is 0 Å². The first kappa shape index (κ1) is 17.7. The maximum absolute atomic E-state index is 5.56. The molecule has 3 heterocycles. The second kappa shape index (κ2) is 7.91. The van der Waals surface area contributed by atoms with Crippen LogP contribution in [0.15, 0.2) is 24.3 Å². The number of aryl methyl sites for hydroxylation is 1. The third-order valence-corrected chi connectivity index (χ3v) is 5.65. The first-order chi connectivity index (χ1) is 12.7. The highest BCUT2D eigenvalue weighted by molar-refractivity contribution is 5.82. The van der Waals surface area contributed by atoms with Crippen molar-refractivity contribution in [2.24, 2.45) is 0 Å². The molecule has 5 nitrogen and oxygen atoms in total. The van der Waals surface area contributed by atoms with Crippen LogP contribution in [0.3, 0.4) is 0 Å². The van der Waals surface area contributed by atoms with Crippen LogP contribution in [0.1, 0.15) is 18.1 Å².